The zero-order chi connectivity index (χ0) is 26.1. The van der Waals surface area contributed by atoms with Crippen LogP contribution in [0.25, 0.3) is 0 Å². The van der Waals surface area contributed by atoms with Crippen molar-refractivity contribution in [3.63, 3.8) is 0 Å². The van der Waals surface area contributed by atoms with Crippen molar-refractivity contribution < 1.29 is 14.4 Å². The van der Waals surface area contributed by atoms with Gasteiger partial charge in [-0.05, 0) is 59.8 Å². The molecular weight excluding hydrogens is 442 g/mol. The van der Waals surface area contributed by atoms with E-state index >= 15 is 0 Å². The van der Waals surface area contributed by atoms with Gasteiger partial charge >= 0.3 is 0 Å². The first-order valence-corrected chi connectivity index (χ1v) is 12.2. The minimum Gasteiger partial charge on any atom is -0.336 e. The van der Waals surface area contributed by atoms with E-state index in [4.69, 9.17) is 0 Å². The number of amides is 3. The van der Waals surface area contributed by atoms with E-state index in [-0.39, 0.29) is 36.6 Å². The molecule has 35 heavy (non-hydrogen) atoms. The highest BCUT2D eigenvalue weighted by atomic mass is 16.2. The Bertz CT molecular complexity index is 1120. The van der Waals surface area contributed by atoms with Gasteiger partial charge in [0.05, 0.1) is 11.1 Å². The topological polar surface area (TPSA) is 78.8 Å². The quantitative estimate of drug-likeness (QED) is 0.515. The van der Waals surface area contributed by atoms with Crippen LogP contribution in [0.4, 0.5) is 0 Å². The number of carbonyl (C=O) groups excluding carboxylic acids is 3. The van der Waals surface area contributed by atoms with Gasteiger partial charge in [0.25, 0.3) is 0 Å². The molecule has 1 aromatic carbocycles. The summed E-state index contributed by atoms with van der Waals surface area (Å²) >= 11 is 0. The first kappa shape index (κ1) is 26.6. The molecule has 0 spiro atoms. The van der Waals surface area contributed by atoms with E-state index in [1.54, 1.807) is 4.90 Å². The zero-order valence-electron chi connectivity index (χ0n) is 22.4. The number of rotatable bonds is 9. The molecule has 0 bridgehead atoms. The summed E-state index contributed by atoms with van der Waals surface area (Å²) < 4.78 is 1.82. The Morgan fingerprint density at radius 1 is 1.14 bits per heavy atom. The third-order valence-electron chi connectivity index (χ3n) is 7.22. The molecule has 3 amide bonds. The second-order valence-electron chi connectivity index (χ2n) is 10.3. The normalized spacial score (nSPS) is 18.3. The number of likely N-dealkylation sites (tertiary alicyclic amines) is 1. The minimum absolute atomic E-state index is 0.00669. The molecule has 0 aliphatic carbocycles. The monoisotopic (exact) mass is 481 g/mol. The summed E-state index contributed by atoms with van der Waals surface area (Å²) in [5.74, 6) is -0.631. The van der Waals surface area contributed by atoms with Crippen molar-refractivity contribution in [2.75, 3.05) is 27.2 Å². The lowest BCUT2D eigenvalue weighted by atomic mass is 9.73. The van der Waals surface area contributed by atoms with E-state index in [1.807, 2.05) is 89.6 Å². The molecule has 2 heterocycles. The highest BCUT2D eigenvalue weighted by molar-refractivity contribution is 6.11. The summed E-state index contributed by atoms with van der Waals surface area (Å²) in [7, 11) is 5.71. The van der Waals surface area contributed by atoms with Crippen molar-refractivity contribution in [1.82, 2.24) is 24.5 Å². The van der Waals surface area contributed by atoms with Gasteiger partial charge in [0, 0.05) is 56.8 Å². The van der Waals surface area contributed by atoms with Crippen molar-refractivity contribution in [1.29, 1.82) is 0 Å². The van der Waals surface area contributed by atoms with Crippen LogP contribution >= 0.6 is 0 Å². The molecule has 0 unspecified atom stereocenters. The van der Waals surface area contributed by atoms with E-state index in [2.05, 4.69) is 5.10 Å². The molecule has 0 saturated carbocycles. The van der Waals surface area contributed by atoms with E-state index < -0.39 is 5.41 Å². The molecule has 1 aromatic heterocycles. The first-order chi connectivity index (χ1) is 16.4. The van der Waals surface area contributed by atoms with Crippen molar-refractivity contribution in [3.8, 4) is 0 Å². The molecule has 8 heteroatoms. The largest absolute Gasteiger partial charge is 0.336 e. The maximum atomic E-state index is 13.9. The van der Waals surface area contributed by atoms with Gasteiger partial charge in [-0.3, -0.25) is 24.0 Å². The summed E-state index contributed by atoms with van der Waals surface area (Å²) in [6.07, 6.45) is -0.0375. The molecular formula is C27H39N5O3. The van der Waals surface area contributed by atoms with E-state index in [9.17, 15) is 14.4 Å². The second kappa shape index (κ2) is 10.3. The number of likely N-dealkylation sites (N-methyl/N-ethyl adjacent to an activating group) is 1. The van der Waals surface area contributed by atoms with E-state index in [1.165, 1.54) is 4.90 Å². The average molecular weight is 482 g/mol. The summed E-state index contributed by atoms with van der Waals surface area (Å²) in [6.45, 7) is 11.1. The molecule has 3 rings (SSSR count). The summed E-state index contributed by atoms with van der Waals surface area (Å²) in [5, 5.41) is 4.49. The average Bonchev–Trinajstić information content (AvgIpc) is 3.15. The van der Waals surface area contributed by atoms with Crippen LogP contribution in [0.5, 0.6) is 0 Å². The van der Waals surface area contributed by atoms with Gasteiger partial charge < -0.3 is 9.80 Å². The molecule has 8 nitrogen and oxygen atoms in total. The molecule has 190 valence electrons. The molecule has 0 radical (unpaired) electrons. The van der Waals surface area contributed by atoms with Gasteiger partial charge in [-0.1, -0.05) is 24.3 Å². The molecule has 1 saturated heterocycles. The second-order valence-corrected chi connectivity index (χ2v) is 10.3. The SMILES string of the molecule is Cc1ccccc1[C@]1(CC(=O)N(Cc2c(C)nn(C)c2C)C(C)C)CC(=O)N(CCN(C)C)C1=O. The lowest BCUT2D eigenvalue weighted by molar-refractivity contribution is -0.143. The van der Waals surface area contributed by atoms with Crippen LogP contribution in [-0.2, 0) is 33.4 Å². The maximum absolute atomic E-state index is 13.9. The summed E-state index contributed by atoms with van der Waals surface area (Å²) in [6, 6.07) is 7.53. The van der Waals surface area contributed by atoms with Crippen LogP contribution in [0.1, 0.15) is 54.8 Å². The van der Waals surface area contributed by atoms with Crippen LogP contribution in [0.15, 0.2) is 24.3 Å². The summed E-state index contributed by atoms with van der Waals surface area (Å²) in [4.78, 5) is 46.0. The molecule has 2 aromatic rings. The Hall–Kier alpha value is -3.00. The number of aromatic nitrogens is 2. The number of nitrogens with zero attached hydrogens (tertiary/aromatic N) is 5. The van der Waals surface area contributed by atoms with Gasteiger partial charge in [0.2, 0.25) is 17.7 Å². The minimum atomic E-state index is -1.20. The third kappa shape index (κ3) is 5.17. The highest BCUT2D eigenvalue weighted by Gasteiger charge is 2.54. The molecule has 1 atom stereocenters. The van der Waals surface area contributed by atoms with Gasteiger partial charge in [-0.25, -0.2) is 0 Å². The number of hydrogen-bond acceptors (Lipinski definition) is 5. The Morgan fingerprint density at radius 3 is 2.34 bits per heavy atom. The number of carbonyl (C=O) groups is 3. The zero-order valence-corrected chi connectivity index (χ0v) is 22.4. The molecule has 0 N–H and O–H groups in total. The van der Waals surface area contributed by atoms with E-state index in [0.29, 0.717) is 19.6 Å². The van der Waals surface area contributed by atoms with Crippen LogP contribution in [0.2, 0.25) is 0 Å². The lowest BCUT2D eigenvalue weighted by Gasteiger charge is -2.33. The van der Waals surface area contributed by atoms with E-state index in [0.717, 1.165) is 28.1 Å². The predicted octanol–water partition coefficient (Wildman–Crippen LogP) is 2.73. The Balaban J connectivity index is 2.00. The molecule has 1 fully saturated rings. The number of aryl methyl sites for hydroxylation is 3. The van der Waals surface area contributed by atoms with Crippen LogP contribution in [0.3, 0.4) is 0 Å². The third-order valence-corrected chi connectivity index (χ3v) is 7.22. The smallest absolute Gasteiger partial charge is 0.240 e. The fourth-order valence-corrected chi connectivity index (χ4v) is 5.02. The van der Waals surface area contributed by atoms with Gasteiger partial charge in [-0.2, -0.15) is 5.10 Å². The Labute approximate surface area is 208 Å². The van der Waals surface area contributed by atoms with Crippen LogP contribution in [0, 0.1) is 20.8 Å². The standard InChI is InChI=1S/C27H39N5O3/c1-18(2)32(17-22-20(4)28-30(8)21(22)5)25(34)16-27(23-12-10-9-11-19(23)3)15-24(33)31(26(27)35)14-13-29(6)7/h9-12,18H,13-17H2,1-8H3/t27-/m1/s1. The van der Waals surface area contributed by atoms with Gasteiger partial charge in [-0.15, -0.1) is 0 Å². The molecule has 1 aliphatic rings. The van der Waals surface area contributed by atoms with Gasteiger partial charge in [0.1, 0.15) is 0 Å². The fraction of sp³-hybridized carbons (Fsp3) is 0.556. The first-order valence-electron chi connectivity index (χ1n) is 12.2. The van der Waals surface area contributed by atoms with Gasteiger partial charge in [0.15, 0.2) is 0 Å². The lowest BCUT2D eigenvalue weighted by Crippen LogP contribution is -2.46. The van der Waals surface area contributed by atoms with Crippen LogP contribution < -0.4 is 0 Å². The molecule has 1 aliphatic heterocycles. The highest BCUT2D eigenvalue weighted by Crippen LogP contribution is 2.42. The van der Waals surface area contributed by atoms with Crippen molar-refractivity contribution >= 4 is 17.7 Å². The Kier molecular flexibility index (Phi) is 7.84. The van der Waals surface area contributed by atoms with Crippen LogP contribution in [-0.4, -0.2) is 75.4 Å². The number of hydrogen-bond donors (Lipinski definition) is 0. The van der Waals surface area contributed by atoms with Crippen molar-refractivity contribution in [2.45, 2.75) is 65.5 Å². The van der Waals surface area contributed by atoms with Crippen molar-refractivity contribution in [3.05, 3.63) is 52.3 Å². The fourth-order valence-electron chi connectivity index (χ4n) is 5.02. The maximum Gasteiger partial charge on any atom is 0.240 e. The predicted molar refractivity (Wildman–Crippen MR) is 136 cm³/mol. The summed E-state index contributed by atoms with van der Waals surface area (Å²) in [5.41, 5.74) is 3.39. The Morgan fingerprint density at radius 2 is 1.80 bits per heavy atom. The number of imide groups is 1. The number of benzene rings is 1. The van der Waals surface area contributed by atoms with Crippen molar-refractivity contribution in [2.24, 2.45) is 7.05 Å².